The second kappa shape index (κ2) is 7.65. The largest absolute Gasteiger partial charge is 0.497 e. The van der Waals surface area contributed by atoms with E-state index >= 15 is 0 Å². The number of esters is 1. The number of carbonyl (C=O) groups excluding carboxylic acids is 1. The molecule has 1 aromatic carbocycles. The highest BCUT2D eigenvalue weighted by molar-refractivity contribution is 5.87. The van der Waals surface area contributed by atoms with Gasteiger partial charge in [-0.2, -0.15) is 0 Å². The normalized spacial score (nSPS) is 11.0. The zero-order valence-corrected chi connectivity index (χ0v) is 14.5. The van der Waals surface area contributed by atoms with E-state index in [2.05, 4.69) is 4.98 Å². The lowest BCUT2D eigenvalue weighted by Gasteiger charge is -2.05. The lowest BCUT2D eigenvalue weighted by atomic mass is 10.2. The molecule has 3 rings (SSSR count). The third-order valence-corrected chi connectivity index (χ3v) is 3.77. The van der Waals surface area contributed by atoms with Crippen LogP contribution in [0.25, 0.3) is 11.7 Å². The third kappa shape index (κ3) is 4.16. The van der Waals surface area contributed by atoms with Crippen LogP contribution in [0.1, 0.15) is 16.8 Å². The smallest absolute Gasteiger partial charge is 0.331 e. The van der Waals surface area contributed by atoms with Crippen LogP contribution in [0.4, 0.5) is 0 Å². The van der Waals surface area contributed by atoms with Gasteiger partial charge in [0.2, 0.25) is 0 Å². The van der Waals surface area contributed by atoms with Crippen LogP contribution in [0.5, 0.6) is 5.75 Å². The standard InChI is InChI=1S/C20H18N2O4/c1-14-9-10-22-18(11-14)21-16(12-19(22)23)13-26-20(24)8-5-15-3-6-17(25-2)7-4-15/h3-12H,13H2,1-2H3/b8-5+. The Morgan fingerprint density at radius 3 is 2.69 bits per heavy atom. The predicted molar refractivity (Wildman–Crippen MR) is 98.0 cm³/mol. The van der Waals surface area contributed by atoms with Gasteiger partial charge in [-0.25, -0.2) is 9.78 Å². The Morgan fingerprint density at radius 1 is 1.19 bits per heavy atom. The van der Waals surface area contributed by atoms with Gasteiger partial charge in [-0.15, -0.1) is 0 Å². The van der Waals surface area contributed by atoms with E-state index in [0.717, 1.165) is 16.9 Å². The zero-order chi connectivity index (χ0) is 18.5. The summed E-state index contributed by atoms with van der Waals surface area (Å²) in [5, 5.41) is 0. The van der Waals surface area contributed by atoms with Gasteiger partial charge in [-0.3, -0.25) is 9.20 Å². The number of ether oxygens (including phenoxy) is 2. The van der Waals surface area contributed by atoms with Gasteiger partial charge in [0.25, 0.3) is 5.56 Å². The Kier molecular flexibility index (Phi) is 5.12. The van der Waals surface area contributed by atoms with Crippen LogP contribution in [0.15, 0.2) is 59.5 Å². The number of pyridine rings is 1. The summed E-state index contributed by atoms with van der Waals surface area (Å²) in [6.45, 7) is 1.86. The molecule has 0 aliphatic heterocycles. The van der Waals surface area contributed by atoms with Crippen molar-refractivity contribution in [2.24, 2.45) is 0 Å². The number of aromatic nitrogens is 2. The van der Waals surface area contributed by atoms with Crippen molar-refractivity contribution in [1.82, 2.24) is 9.38 Å². The van der Waals surface area contributed by atoms with Gasteiger partial charge in [0.05, 0.1) is 12.8 Å². The molecule has 0 bridgehead atoms. The molecule has 132 valence electrons. The quantitative estimate of drug-likeness (QED) is 0.523. The number of benzene rings is 1. The first-order valence-corrected chi connectivity index (χ1v) is 8.03. The van der Waals surface area contributed by atoms with Crippen LogP contribution >= 0.6 is 0 Å². The number of hydrogen-bond acceptors (Lipinski definition) is 5. The SMILES string of the molecule is COc1ccc(/C=C/C(=O)OCc2cc(=O)n3ccc(C)cc3n2)cc1. The van der Waals surface area contributed by atoms with E-state index in [4.69, 9.17) is 9.47 Å². The second-order valence-electron chi connectivity index (χ2n) is 5.73. The van der Waals surface area contributed by atoms with Crippen LogP contribution in [-0.4, -0.2) is 22.5 Å². The molecule has 6 nitrogen and oxygen atoms in total. The van der Waals surface area contributed by atoms with Gasteiger partial charge in [0.15, 0.2) is 0 Å². The number of nitrogens with zero attached hydrogens (tertiary/aromatic N) is 2. The van der Waals surface area contributed by atoms with Crippen LogP contribution in [-0.2, 0) is 16.1 Å². The van der Waals surface area contributed by atoms with E-state index in [-0.39, 0.29) is 12.2 Å². The Hall–Kier alpha value is -3.41. The van der Waals surface area contributed by atoms with Crippen molar-refractivity contribution in [3.8, 4) is 5.75 Å². The maximum absolute atomic E-state index is 12.1. The lowest BCUT2D eigenvalue weighted by molar-refractivity contribution is -0.139. The topological polar surface area (TPSA) is 69.9 Å². The maximum atomic E-state index is 12.1. The molecule has 3 aromatic rings. The molecule has 0 aliphatic rings. The van der Waals surface area contributed by atoms with E-state index in [9.17, 15) is 9.59 Å². The van der Waals surface area contributed by atoms with Gasteiger partial charge in [-0.1, -0.05) is 12.1 Å². The molecule has 0 atom stereocenters. The monoisotopic (exact) mass is 350 g/mol. The van der Waals surface area contributed by atoms with Crippen molar-refractivity contribution in [1.29, 1.82) is 0 Å². The summed E-state index contributed by atoms with van der Waals surface area (Å²) in [5.41, 5.74) is 2.56. The molecule has 6 heteroatoms. The van der Waals surface area contributed by atoms with E-state index in [1.165, 1.54) is 16.5 Å². The average Bonchev–Trinajstić information content (AvgIpc) is 2.64. The molecule has 0 spiro atoms. The van der Waals surface area contributed by atoms with Crippen molar-refractivity contribution >= 4 is 17.7 Å². The number of aryl methyl sites for hydroxylation is 1. The van der Waals surface area contributed by atoms with E-state index in [0.29, 0.717) is 11.3 Å². The van der Waals surface area contributed by atoms with Crippen molar-refractivity contribution in [3.05, 3.63) is 81.9 Å². The molecule has 0 saturated heterocycles. The highest BCUT2D eigenvalue weighted by Gasteiger charge is 2.05. The summed E-state index contributed by atoms with van der Waals surface area (Å²) >= 11 is 0. The molecule has 0 unspecified atom stereocenters. The first-order chi connectivity index (χ1) is 12.5. The summed E-state index contributed by atoms with van der Waals surface area (Å²) in [4.78, 5) is 28.3. The summed E-state index contributed by atoms with van der Waals surface area (Å²) in [5.74, 6) is 0.237. The lowest BCUT2D eigenvalue weighted by Crippen LogP contribution is -2.16. The fourth-order valence-electron chi connectivity index (χ4n) is 2.40. The Morgan fingerprint density at radius 2 is 1.96 bits per heavy atom. The van der Waals surface area contributed by atoms with Crippen molar-refractivity contribution in [2.45, 2.75) is 13.5 Å². The van der Waals surface area contributed by atoms with Gasteiger partial charge in [0.1, 0.15) is 18.0 Å². The van der Waals surface area contributed by atoms with Gasteiger partial charge < -0.3 is 9.47 Å². The number of hydrogen-bond donors (Lipinski definition) is 0. The Labute approximate surface area is 150 Å². The molecule has 0 radical (unpaired) electrons. The second-order valence-corrected chi connectivity index (χ2v) is 5.73. The van der Waals surface area contributed by atoms with Gasteiger partial charge in [-0.05, 0) is 48.4 Å². The highest BCUT2D eigenvalue weighted by Crippen LogP contribution is 2.12. The predicted octanol–water partition coefficient (Wildman–Crippen LogP) is 2.77. The minimum Gasteiger partial charge on any atom is -0.497 e. The first kappa shape index (κ1) is 17.4. The third-order valence-electron chi connectivity index (χ3n) is 3.77. The van der Waals surface area contributed by atoms with Gasteiger partial charge >= 0.3 is 5.97 Å². The molecule has 2 heterocycles. The van der Waals surface area contributed by atoms with Crippen molar-refractivity contribution in [3.63, 3.8) is 0 Å². The first-order valence-electron chi connectivity index (χ1n) is 8.03. The summed E-state index contributed by atoms with van der Waals surface area (Å²) < 4.78 is 11.7. The van der Waals surface area contributed by atoms with Crippen molar-refractivity contribution < 1.29 is 14.3 Å². The molecule has 0 fully saturated rings. The molecular formula is C20H18N2O4. The van der Waals surface area contributed by atoms with Crippen LogP contribution < -0.4 is 10.3 Å². The van der Waals surface area contributed by atoms with Crippen LogP contribution in [0.2, 0.25) is 0 Å². The average molecular weight is 350 g/mol. The molecule has 0 saturated carbocycles. The fraction of sp³-hybridized carbons (Fsp3) is 0.150. The van der Waals surface area contributed by atoms with Crippen LogP contribution in [0, 0.1) is 6.92 Å². The summed E-state index contributed by atoms with van der Waals surface area (Å²) in [6, 6.07) is 12.3. The summed E-state index contributed by atoms with van der Waals surface area (Å²) in [7, 11) is 1.59. The maximum Gasteiger partial charge on any atom is 0.331 e. The van der Waals surface area contributed by atoms with Crippen LogP contribution in [0.3, 0.4) is 0 Å². The van der Waals surface area contributed by atoms with E-state index in [1.54, 1.807) is 37.6 Å². The molecule has 0 N–H and O–H groups in total. The Bertz CT molecular complexity index is 1020. The molecule has 0 amide bonds. The molecular weight excluding hydrogens is 332 g/mol. The minimum absolute atomic E-state index is 0.0640. The minimum atomic E-state index is -0.507. The van der Waals surface area contributed by atoms with E-state index in [1.807, 2.05) is 25.1 Å². The number of rotatable bonds is 5. The molecule has 0 aliphatic carbocycles. The molecule has 2 aromatic heterocycles. The number of fused-ring (bicyclic) bond motifs is 1. The Balaban J connectivity index is 1.66. The zero-order valence-electron chi connectivity index (χ0n) is 14.5. The van der Waals surface area contributed by atoms with Crippen molar-refractivity contribution in [2.75, 3.05) is 7.11 Å². The summed E-state index contributed by atoms with van der Waals surface area (Å²) in [6.07, 6.45) is 4.65. The number of methoxy groups -OCH3 is 1. The fourth-order valence-corrected chi connectivity index (χ4v) is 2.40. The van der Waals surface area contributed by atoms with E-state index < -0.39 is 5.97 Å². The molecule has 26 heavy (non-hydrogen) atoms. The highest BCUT2D eigenvalue weighted by atomic mass is 16.5. The van der Waals surface area contributed by atoms with Gasteiger partial charge in [0, 0.05) is 18.3 Å². The number of carbonyl (C=O) groups is 1.